The van der Waals surface area contributed by atoms with Crippen molar-refractivity contribution in [2.75, 3.05) is 10.6 Å². The van der Waals surface area contributed by atoms with E-state index in [9.17, 15) is 14.9 Å². The third-order valence-corrected chi connectivity index (χ3v) is 4.17. The highest BCUT2D eigenvalue weighted by Gasteiger charge is 2.23. The Morgan fingerprint density at radius 1 is 0.964 bits per heavy atom. The van der Waals surface area contributed by atoms with Gasteiger partial charge in [-0.1, -0.05) is 6.07 Å². The number of carboxylic acids is 1. The minimum Gasteiger partial charge on any atom is -0.478 e. The van der Waals surface area contributed by atoms with Crippen LogP contribution in [0.15, 0.2) is 48.8 Å². The fraction of sp³-hybridized carbons (Fsp3) is 0.105. The Bertz CT molecular complexity index is 1050. The van der Waals surface area contributed by atoms with Gasteiger partial charge in [0.15, 0.2) is 0 Å². The third-order valence-electron chi connectivity index (χ3n) is 4.17. The van der Waals surface area contributed by atoms with Crippen LogP contribution in [0.1, 0.15) is 21.5 Å². The number of aryl methyl sites for hydroxylation is 2. The Hall–Kier alpha value is -4.01. The lowest BCUT2D eigenvalue weighted by molar-refractivity contribution is -0.383. The number of rotatable bonds is 6. The van der Waals surface area contributed by atoms with Gasteiger partial charge in [0.2, 0.25) is 11.6 Å². The summed E-state index contributed by atoms with van der Waals surface area (Å²) in [4.78, 5) is 30.0. The molecule has 1 aromatic heterocycles. The zero-order chi connectivity index (χ0) is 20.3. The summed E-state index contributed by atoms with van der Waals surface area (Å²) in [6.07, 6.45) is 1.21. The molecule has 0 aliphatic heterocycles. The van der Waals surface area contributed by atoms with Crippen molar-refractivity contribution in [1.29, 1.82) is 0 Å². The Labute approximate surface area is 160 Å². The summed E-state index contributed by atoms with van der Waals surface area (Å²) in [7, 11) is 0. The van der Waals surface area contributed by atoms with Crippen LogP contribution in [0.5, 0.6) is 0 Å². The predicted octanol–water partition coefficient (Wildman–Crippen LogP) is 4.19. The first-order valence-electron chi connectivity index (χ1n) is 8.29. The topological polar surface area (TPSA) is 130 Å². The van der Waals surface area contributed by atoms with Gasteiger partial charge in [-0.3, -0.25) is 10.1 Å². The molecule has 9 heteroatoms. The smallest absolute Gasteiger partial charge is 0.353 e. The van der Waals surface area contributed by atoms with E-state index in [1.54, 1.807) is 0 Å². The number of nitrogens with one attached hydrogen (secondary N) is 2. The van der Waals surface area contributed by atoms with E-state index in [4.69, 9.17) is 5.11 Å². The number of hydrogen-bond acceptors (Lipinski definition) is 7. The minimum absolute atomic E-state index is 0.00518. The van der Waals surface area contributed by atoms with Crippen molar-refractivity contribution < 1.29 is 14.8 Å². The Kier molecular flexibility index (Phi) is 5.16. The quantitative estimate of drug-likeness (QED) is 0.429. The standard InChI is InChI=1S/C19H17N5O4/c1-11-3-6-15(9-12(11)2)23-18-16(24(27)28)17(20-10-21-18)22-14-7-4-13(5-8-14)19(25)26/h3-10H,1-2H3,(H,25,26)(H2,20,21,22,23). The zero-order valence-corrected chi connectivity index (χ0v) is 15.1. The van der Waals surface area contributed by atoms with E-state index in [0.29, 0.717) is 11.4 Å². The van der Waals surface area contributed by atoms with Gasteiger partial charge in [-0.15, -0.1) is 0 Å². The zero-order valence-electron chi connectivity index (χ0n) is 15.1. The molecule has 0 saturated heterocycles. The summed E-state index contributed by atoms with van der Waals surface area (Å²) < 4.78 is 0. The van der Waals surface area contributed by atoms with E-state index >= 15 is 0 Å². The number of nitro groups is 1. The van der Waals surface area contributed by atoms with Crippen LogP contribution < -0.4 is 10.6 Å². The number of carbonyl (C=O) groups is 1. The van der Waals surface area contributed by atoms with Crippen LogP contribution >= 0.6 is 0 Å². The predicted molar refractivity (Wildman–Crippen MR) is 105 cm³/mol. The highest BCUT2D eigenvalue weighted by Crippen LogP contribution is 2.33. The van der Waals surface area contributed by atoms with Crippen LogP contribution in [0.4, 0.5) is 28.7 Å². The van der Waals surface area contributed by atoms with Gasteiger partial charge in [-0.25, -0.2) is 14.8 Å². The molecule has 0 aliphatic carbocycles. The van der Waals surface area contributed by atoms with E-state index in [2.05, 4.69) is 20.6 Å². The molecule has 0 radical (unpaired) electrons. The molecular formula is C19H17N5O4. The summed E-state index contributed by atoms with van der Waals surface area (Å²) in [5, 5.41) is 26.4. The molecule has 3 N–H and O–H groups in total. The molecule has 1 heterocycles. The maximum absolute atomic E-state index is 11.7. The highest BCUT2D eigenvalue weighted by atomic mass is 16.6. The number of nitrogens with zero attached hydrogens (tertiary/aromatic N) is 3. The van der Waals surface area contributed by atoms with Crippen molar-refractivity contribution >= 4 is 34.7 Å². The highest BCUT2D eigenvalue weighted by molar-refractivity contribution is 5.88. The molecule has 0 aliphatic rings. The van der Waals surface area contributed by atoms with Crippen LogP contribution in [0, 0.1) is 24.0 Å². The molecule has 9 nitrogen and oxygen atoms in total. The molecule has 0 amide bonds. The normalized spacial score (nSPS) is 10.4. The van der Waals surface area contributed by atoms with E-state index in [1.165, 1.54) is 30.6 Å². The maximum atomic E-state index is 11.7. The van der Waals surface area contributed by atoms with Crippen LogP contribution in [-0.2, 0) is 0 Å². The van der Waals surface area contributed by atoms with Crippen molar-refractivity contribution in [3.8, 4) is 0 Å². The number of aromatic nitrogens is 2. The summed E-state index contributed by atoms with van der Waals surface area (Å²) in [6.45, 7) is 3.92. The van der Waals surface area contributed by atoms with Gasteiger partial charge >= 0.3 is 11.7 Å². The second-order valence-corrected chi connectivity index (χ2v) is 6.11. The van der Waals surface area contributed by atoms with Crippen LogP contribution in [0.2, 0.25) is 0 Å². The molecular weight excluding hydrogens is 362 g/mol. The number of benzene rings is 2. The molecule has 142 valence electrons. The van der Waals surface area contributed by atoms with Crippen molar-refractivity contribution in [2.45, 2.75) is 13.8 Å². The fourth-order valence-electron chi connectivity index (χ4n) is 2.52. The van der Waals surface area contributed by atoms with Gasteiger partial charge in [0.05, 0.1) is 10.5 Å². The van der Waals surface area contributed by atoms with Gasteiger partial charge in [0.25, 0.3) is 0 Å². The molecule has 0 fully saturated rings. The van der Waals surface area contributed by atoms with Crippen LogP contribution in [-0.4, -0.2) is 26.0 Å². The lowest BCUT2D eigenvalue weighted by Gasteiger charge is -2.11. The molecule has 0 saturated carbocycles. The van der Waals surface area contributed by atoms with E-state index < -0.39 is 10.9 Å². The average molecular weight is 379 g/mol. The van der Waals surface area contributed by atoms with Crippen molar-refractivity contribution in [2.24, 2.45) is 0 Å². The monoisotopic (exact) mass is 379 g/mol. The Balaban J connectivity index is 1.93. The molecule has 0 bridgehead atoms. The summed E-state index contributed by atoms with van der Waals surface area (Å²) in [5.74, 6) is -1.01. The van der Waals surface area contributed by atoms with Crippen LogP contribution in [0.25, 0.3) is 0 Å². The van der Waals surface area contributed by atoms with Gasteiger partial charge in [-0.2, -0.15) is 0 Å². The fourth-order valence-corrected chi connectivity index (χ4v) is 2.52. The second-order valence-electron chi connectivity index (χ2n) is 6.11. The molecule has 3 aromatic rings. The van der Waals surface area contributed by atoms with Gasteiger partial charge in [0, 0.05) is 11.4 Å². The molecule has 0 spiro atoms. The third kappa shape index (κ3) is 4.04. The number of anilines is 4. The van der Waals surface area contributed by atoms with E-state index in [1.807, 2.05) is 32.0 Å². The Morgan fingerprint density at radius 2 is 1.54 bits per heavy atom. The lowest BCUT2D eigenvalue weighted by Crippen LogP contribution is -2.06. The first-order valence-corrected chi connectivity index (χ1v) is 8.29. The minimum atomic E-state index is -1.06. The van der Waals surface area contributed by atoms with Crippen molar-refractivity contribution in [1.82, 2.24) is 9.97 Å². The molecule has 28 heavy (non-hydrogen) atoms. The maximum Gasteiger partial charge on any atom is 0.353 e. The largest absolute Gasteiger partial charge is 0.478 e. The first-order chi connectivity index (χ1) is 13.3. The summed E-state index contributed by atoms with van der Waals surface area (Å²) >= 11 is 0. The number of hydrogen-bond donors (Lipinski definition) is 3. The van der Waals surface area contributed by atoms with Crippen LogP contribution in [0.3, 0.4) is 0 Å². The molecule has 0 unspecified atom stereocenters. The van der Waals surface area contributed by atoms with E-state index in [0.717, 1.165) is 11.1 Å². The molecule has 2 aromatic carbocycles. The van der Waals surface area contributed by atoms with Crippen molar-refractivity contribution in [3.05, 3.63) is 75.6 Å². The SMILES string of the molecule is Cc1ccc(Nc2ncnc(Nc3ccc(C(=O)O)cc3)c2[N+](=O)[O-])cc1C. The summed E-state index contributed by atoms with van der Waals surface area (Å²) in [6, 6.07) is 11.4. The van der Waals surface area contributed by atoms with Gasteiger partial charge in [0.1, 0.15) is 6.33 Å². The number of carboxylic acid groups (broad SMARTS) is 1. The Morgan fingerprint density at radius 3 is 2.07 bits per heavy atom. The van der Waals surface area contributed by atoms with Crippen molar-refractivity contribution in [3.63, 3.8) is 0 Å². The molecule has 3 rings (SSSR count). The van der Waals surface area contributed by atoms with E-state index in [-0.39, 0.29) is 22.9 Å². The summed E-state index contributed by atoms with van der Waals surface area (Å²) in [5.41, 5.74) is 3.07. The molecule has 0 atom stereocenters. The first kappa shape index (κ1) is 18.8. The average Bonchev–Trinajstić information content (AvgIpc) is 2.65. The van der Waals surface area contributed by atoms with Gasteiger partial charge in [-0.05, 0) is 61.4 Å². The van der Waals surface area contributed by atoms with Gasteiger partial charge < -0.3 is 15.7 Å². The lowest BCUT2D eigenvalue weighted by atomic mass is 10.1. The second kappa shape index (κ2) is 7.70. The number of aromatic carboxylic acids is 1.